The summed E-state index contributed by atoms with van der Waals surface area (Å²) in [4.78, 5) is 29.9. The zero-order chi connectivity index (χ0) is 19.2. The van der Waals surface area contributed by atoms with Gasteiger partial charge in [-0.15, -0.1) is 11.3 Å². The van der Waals surface area contributed by atoms with Gasteiger partial charge in [-0.1, -0.05) is 12.1 Å². The highest BCUT2D eigenvalue weighted by Crippen LogP contribution is 2.34. The lowest BCUT2D eigenvalue weighted by atomic mass is 10.2. The molecule has 0 unspecified atom stereocenters. The Morgan fingerprint density at radius 1 is 1.33 bits per heavy atom. The molecule has 2 amide bonds. The van der Waals surface area contributed by atoms with E-state index in [1.165, 1.54) is 9.78 Å². The topological polar surface area (TPSA) is 61.9 Å². The van der Waals surface area contributed by atoms with Gasteiger partial charge in [0.15, 0.2) is 0 Å². The van der Waals surface area contributed by atoms with E-state index >= 15 is 0 Å². The second-order valence-corrected chi connectivity index (χ2v) is 7.65. The fourth-order valence-electron chi connectivity index (χ4n) is 3.32. The molecule has 7 heteroatoms. The van der Waals surface area contributed by atoms with Gasteiger partial charge < -0.3 is 15.0 Å². The van der Waals surface area contributed by atoms with Crippen molar-refractivity contribution in [2.24, 2.45) is 0 Å². The van der Waals surface area contributed by atoms with Crippen LogP contribution >= 0.6 is 11.3 Å². The number of carbonyl (C=O) groups excluding carboxylic acids is 2. The van der Waals surface area contributed by atoms with Crippen molar-refractivity contribution in [3.05, 3.63) is 46.7 Å². The molecule has 6 nitrogen and oxygen atoms in total. The molecule has 0 spiro atoms. The number of carbonyl (C=O) groups is 2. The summed E-state index contributed by atoms with van der Waals surface area (Å²) in [6.45, 7) is 1.28. The molecule has 0 saturated carbocycles. The maximum Gasteiger partial charge on any atom is 0.243 e. The predicted molar refractivity (Wildman–Crippen MR) is 107 cm³/mol. The molecule has 1 saturated heterocycles. The Labute approximate surface area is 163 Å². The van der Waals surface area contributed by atoms with Crippen LogP contribution in [0.3, 0.4) is 0 Å². The monoisotopic (exact) mass is 387 g/mol. The van der Waals surface area contributed by atoms with Crippen molar-refractivity contribution in [1.29, 1.82) is 0 Å². The SMILES string of the molecule is COc1cccc(NC(=O)CN(C)C(=O)CN2CCC[C@H]2c2cccs2)c1. The fraction of sp³-hybridized carbons (Fsp3) is 0.400. The van der Waals surface area contributed by atoms with Crippen molar-refractivity contribution in [3.63, 3.8) is 0 Å². The summed E-state index contributed by atoms with van der Waals surface area (Å²) in [5.74, 6) is 0.403. The lowest BCUT2D eigenvalue weighted by molar-refractivity contribution is -0.134. The number of nitrogens with zero attached hydrogens (tertiary/aromatic N) is 2. The molecule has 0 bridgehead atoms. The maximum absolute atomic E-state index is 12.6. The highest BCUT2D eigenvalue weighted by Gasteiger charge is 2.29. The lowest BCUT2D eigenvalue weighted by Crippen LogP contribution is -2.41. The van der Waals surface area contributed by atoms with Gasteiger partial charge in [0, 0.05) is 29.7 Å². The van der Waals surface area contributed by atoms with Gasteiger partial charge in [-0.25, -0.2) is 0 Å². The minimum atomic E-state index is -0.227. The number of hydrogen-bond donors (Lipinski definition) is 1. The molecule has 1 aliphatic heterocycles. The van der Waals surface area contributed by atoms with Crippen LogP contribution in [0, 0.1) is 0 Å². The number of rotatable bonds is 7. The molecule has 1 N–H and O–H groups in total. The molecule has 1 fully saturated rings. The molecule has 1 aromatic carbocycles. The Morgan fingerprint density at radius 2 is 2.19 bits per heavy atom. The van der Waals surface area contributed by atoms with Gasteiger partial charge in [-0.2, -0.15) is 0 Å². The molecule has 144 valence electrons. The van der Waals surface area contributed by atoms with Crippen molar-refractivity contribution >= 4 is 28.8 Å². The van der Waals surface area contributed by atoms with Crippen molar-refractivity contribution in [2.75, 3.05) is 39.1 Å². The number of benzene rings is 1. The van der Waals surface area contributed by atoms with E-state index in [0.29, 0.717) is 24.0 Å². The Bertz CT molecular complexity index is 779. The number of anilines is 1. The van der Waals surface area contributed by atoms with E-state index in [1.54, 1.807) is 43.7 Å². The second-order valence-electron chi connectivity index (χ2n) is 6.67. The Kier molecular flexibility index (Phi) is 6.47. The molecule has 27 heavy (non-hydrogen) atoms. The van der Waals surface area contributed by atoms with Gasteiger partial charge in [0.25, 0.3) is 0 Å². The van der Waals surface area contributed by atoms with Crippen molar-refractivity contribution in [2.45, 2.75) is 18.9 Å². The van der Waals surface area contributed by atoms with Crippen LogP contribution in [0.1, 0.15) is 23.8 Å². The standard InChI is InChI=1S/C20H25N3O3S/c1-22(13-19(24)21-15-6-3-7-16(12-15)26-2)20(25)14-23-10-4-8-17(23)18-9-5-11-27-18/h3,5-7,9,11-12,17H,4,8,10,13-14H2,1-2H3,(H,21,24)/t17-/m0/s1. The molecule has 1 aromatic heterocycles. The number of hydrogen-bond acceptors (Lipinski definition) is 5. The first-order chi connectivity index (χ1) is 13.1. The van der Waals surface area contributed by atoms with Gasteiger partial charge in [0.05, 0.1) is 20.2 Å². The van der Waals surface area contributed by atoms with Crippen molar-refractivity contribution < 1.29 is 14.3 Å². The van der Waals surface area contributed by atoms with Crippen LogP contribution in [0.4, 0.5) is 5.69 Å². The Balaban J connectivity index is 1.51. The van der Waals surface area contributed by atoms with Crippen LogP contribution in [0.5, 0.6) is 5.75 Å². The summed E-state index contributed by atoms with van der Waals surface area (Å²) in [6, 6.07) is 11.6. The number of methoxy groups -OCH3 is 1. The van der Waals surface area contributed by atoms with Gasteiger partial charge in [-0.3, -0.25) is 14.5 Å². The normalized spacial score (nSPS) is 16.9. The van der Waals surface area contributed by atoms with Crippen LogP contribution < -0.4 is 10.1 Å². The summed E-state index contributed by atoms with van der Waals surface area (Å²) in [7, 11) is 3.25. The molecular weight excluding hydrogens is 362 g/mol. The molecule has 1 atom stereocenters. The summed E-state index contributed by atoms with van der Waals surface area (Å²) in [5, 5.41) is 4.87. The average molecular weight is 388 g/mol. The number of thiophene rings is 1. The highest BCUT2D eigenvalue weighted by molar-refractivity contribution is 7.10. The van der Waals surface area contributed by atoms with Crippen molar-refractivity contribution in [3.8, 4) is 5.75 Å². The van der Waals surface area contributed by atoms with Gasteiger partial charge >= 0.3 is 0 Å². The first kappa shape index (κ1) is 19.4. The maximum atomic E-state index is 12.6. The van der Waals surface area contributed by atoms with Gasteiger partial charge in [0.1, 0.15) is 5.75 Å². The molecule has 0 radical (unpaired) electrons. The predicted octanol–water partition coefficient (Wildman–Crippen LogP) is 2.99. The van der Waals surface area contributed by atoms with Crippen molar-refractivity contribution in [1.82, 2.24) is 9.80 Å². The van der Waals surface area contributed by atoms with Gasteiger partial charge in [0.2, 0.25) is 11.8 Å². The molecule has 1 aliphatic rings. The quantitative estimate of drug-likeness (QED) is 0.793. The number of amides is 2. The van der Waals surface area contributed by atoms with Crippen LogP contribution in [0.25, 0.3) is 0 Å². The highest BCUT2D eigenvalue weighted by atomic mass is 32.1. The summed E-state index contributed by atoms with van der Waals surface area (Å²) in [5.41, 5.74) is 0.650. The van der Waals surface area contributed by atoms with E-state index < -0.39 is 0 Å². The molecule has 2 aromatic rings. The van der Waals surface area contributed by atoms with Gasteiger partial charge in [-0.05, 0) is 43.0 Å². The van der Waals surface area contributed by atoms with E-state index in [-0.39, 0.29) is 18.4 Å². The third-order valence-corrected chi connectivity index (χ3v) is 5.71. The Morgan fingerprint density at radius 3 is 2.93 bits per heavy atom. The zero-order valence-corrected chi connectivity index (χ0v) is 16.5. The first-order valence-electron chi connectivity index (χ1n) is 9.02. The lowest BCUT2D eigenvalue weighted by Gasteiger charge is -2.25. The second kappa shape index (κ2) is 9.01. The molecular formula is C20H25N3O3S. The molecule has 2 heterocycles. The molecule has 3 rings (SSSR count). The summed E-state index contributed by atoms with van der Waals surface area (Å²) >= 11 is 1.73. The summed E-state index contributed by atoms with van der Waals surface area (Å²) in [6.07, 6.45) is 2.17. The van der Waals surface area contributed by atoms with E-state index in [4.69, 9.17) is 4.74 Å². The van der Waals surface area contributed by atoms with E-state index in [2.05, 4.69) is 21.7 Å². The molecule has 0 aliphatic carbocycles. The van der Waals surface area contributed by atoms with Crippen LogP contribution in [0.15, 0.2) is 41.8 Å². The number of ether oxygens (including phenoxy) is 1. The third-order valence-electron chi connectivity index (χ3n) is 4.73. The van der Waals surface area contributed by atoms with E-state index in [0.717, 1.165) is 19.4 Å². The smallest absolute Gasteiger partial charge is 0.243 e. The van der Waals surface area contributed by atoms with Crippen LogP contribution in [-0.2, 0) is 9.59 Å². The Hall–Kier alpha value is -2.38. The minimum absolute atomic E-state index is 0.0214. The average Bonchev–Trinajstić information content (AvgIpc) is 3.33. The first-order valence-corrected chi connectivity index (χ1v) is 9.90. The number of likely N-dealkylation sites (N-methyl/N-ethyl adjacent to an activating group) is 1. The summed E-state index contributed by atoms with van der Waals surface area (Å²) < 4.78 is 5.15. The van der Waals surface area contributed by atoms with E-state index in [9.17, 15) is 9.59 Å². The van der Waals surface area contributed by atoms with Crippen LogP contribution in [0.2, 0.25) is 0 Å². The fourth-order valence-corrected chi connectivity index (χ4v) is 4.21. The van der Waals surface area contributed by atoms with E-state index in [1.807, 2.05) is 12.1 Å². The third kappa shape index (κ3) is 5.08. The minimum Gasteiger partial charge on any atom is -0.497 e. The largest absolute Gasteiger partial charge is 0.497 e. The zero-order valence-electron chi connectivity index (χ0n) is 15.7. The number of likely N-dealkylation sites (tertiary alicyclic amines) is 1. The van der Waals surface area contributed by atoms with Crippen LogP contribution in [-0.4, -0.2) is 55.4 Å². The number of nitrogens with one attached hydrogen (secondary N) is 1.